The quantitative estimate of drug-likeness (QED) is 0.777. The van der Waals surface area contributed by atoms with Crippen LogP contribution in [0.4, 0.5) is 4.39 Å². The summed E-state index contributed by atoms with van der Waals surface area (Å²) in [6, 6.07) is 7.34. The van der Waals surface area contributed by atoms with Crippen LogP contribution in [0.1, 0.15) is 25.6 Å². The highest BCUT2D eigenvalue weighted by molar-refractivity contribution is 5.82. The zero-order chi connectivity index (χ0) is 14.3. The molecule has 3 aromatic rings. The van der Waals surface area contributed by atoms with Gasteiger partial charge in [-0.05, 0) is 24.3 Å². The van der Waals surface area contributed by atoms with Gasteiger partial charge in [0.2, 0.25) is 0 Å². The number of rotatable bonds is 2. The molecule has 0 spiro atoms. The van der Waals surface area contributed by atoms with Crippen LogP contribution in [0.3, 0.4) is 0 Å². The van der Waals surface area contributed by atoms with Gasteiger partial charge in [-0.15, -0.1) is 0 Å². The van der Waals surface area contributed by atoms with E-state index in [1.807, 2.05) is 13.8 Å². The van der Waals surface area contributed by atoms with Crippen LogP contribution in [0.25, 0.3) is 22.4 Å². The molecule has 4 nitrogen and oxygen atoms in total. The summed E-state index contributed by atoms with van der Waals surface area (Å²) in [7, 11) is 0. The van der Waals surface area contributed by atoms with E-state index in [0.717, 1.165) is 0 Å². The summed E-state index contributed by atoms with van der Waals surface area (Å²) in [5.74, 6) is 0.828. The summed E-state index contributed by atoms with van der Waals surface area (Å²) in [6.45, 7) is 3.88. The molecular formula is C15H13FN2O2. The molecule has 0 saturated heterocycles. The van der Waals surface area contributed by atoms with Crippen molar-refractivity contribution >= 4 is 11.0 Å². The van der Waals surface area contributed by atoms with Crippen LogP contribution in [0.15, 0.2) is 39.5 Å². The second-order valence-corrected chi connectivity index (χ2v) is 4.96. The maximum absolute atomic E-state index is 13.2. The molecule has 0 aliphatic heterocycles. The van der Waals surface area contributed by atoms with E-state index in [1.54, 1.807) is 12.1 Å². The Morgan fingerprint density at radius 3 is 2.80 bits per heavy atom. The van der Waals surface area contributed by atoms with Crippen molar-refractivity contribution in [3.8, 4) is 11.5 Å². The van der Waals surface area contributed by atoms with Gasteiger partial charge in [-0.25, -0.2) is 9.37 Å². The monoisotopic (exact) mass is 272 g/mol. The average Bonchev–Trinajstić information content (AvgIpc) is 2.80. The van der Waals surface area contributed by atoms with Crippen molar-refractivity contribution in [2.45, 2.75) is 19.8 Å². The van der Waals surface area contributed by atoms with Crippen LogP contribution < -0.4 is 5.56 Å². The summed E-state index contributed by atoms with van der Waals surface area (Å²) in [5, 5.41) is 0.646. The molecule has 0 saturated carbocycles. The lowest BCUT2D eigenvalue weighted by molar-refractivity contribution is 0.616. The topological polar surface area (TPSA) is 58.9 Å². The van der Waals surface area contributed by atoms with Crippen LogP contribution in [-0.2, 0) is 0 Å². The third kappa shape index (κ3) is 2.22. The summed E-state index contributed by atoms with van der Waals surface area (Å²) in [5.41, 5.74) is 0.786. The zero-order valence-electron chi connectivity index (χ0n) is 11.1. The molecule has 2 aromatic heterocycles. The fourth-order valence-electron chi connectivity index (χ4n) is 2.02. The first-order chi connectivity index (χ1) is 9.52. The number of nitrogens with one attached hydrogen (secondary N) is 1. The molecule has 0 unspecified atom stereocenters. The molecule has 102 valence electrons. The van der Waals surface area contributed by atoms with Crippen LogP contribution >= 0.6 is 0 Å². The molecule has 0 atom stereocenters. The second kappa shape index (κ2) is 4.59. The number of fused-ring (bicyclic) bond motifs is 1. The lowest BCUT2D eigenvalue weighted by Crippen LogP contribution is -2.11. The van der Waals surface area contributed by atoms with Crippen LogP contribution in [-0.4, -0.2) is 9.97 Å². The lowest BCUT2D eigenvalue weighted by atomic mass is 10.2. The maximum Gasteiger partial charge on any atom is 0.251 e. The number of nitrogens with zero attached hydrogens (tertiary/aromatic N) is 1. The van der Waals surface area contributed by atoms with Crippen molar-refractivity contribution in [1.82, 2.24) is 9.97 Å². The van der Waals surface area contributed by atoms with Crippen LogP contribution in [0.5, 0.6) is 0 Å². The van der Waals surface area contributed by atoms with E-state index < -0.39 is 0 Å². The van der Waals surface area contributed by atoms with Gasteiger partial charge in [-0.2, -0.15) is 0 Å². The van der Waals surface area contributed by atoms with Crippen molar-refractivity contribution in [3.05, 3.63) is 52.3 Å². The van der Waals surface area contributed by atoms with Gasteiger partial charge in [0.25, 0.3) is 5.56 Å². The number of aromatic nitrogens is 2. The molecule has 20 heavy (non-hydrogen) atoms. The number of hydrogen-bond acceptors (Lipinski definition) is 3. The van der Waals surface area contributed by atoms with Gasteiger partial charge < -0.3 is 9.40 Å². The SMILES string of the molecule is CC(C)c1nc(-c2cc3cc(F)ccc3o2)cc(=O)[nH]1. The first kappa shape index (κ1) is 12.6. The molecule has 0 aliphatic rings. The van der Waals surface area contributed by atoms with Crippen molar-refractivity contribution in [1.29, 1.82) is 0 Å². The second-order valence-electron chi connectivity index (χ2n) is 4.96. The number of halogens is 1. The molecule has 0 aliphatic carbocycles. The minimum Gasteiger partial charge on any atom is -0.454 e. The third-order valence-corrected chi connectivity index (χ3v) is 3.04. The molecule has 0 fully saturated rings. The van der Waals surface area contributed by atoms with Crippen LogP contribution in [0, 0.1) is 5.82 Å². The molecule has 0 amide bonds. The number of hydrogen-bond donors (Lipinski definition) is 1. The molecule has 5 heteroatoms. The fraction of sp³-hybridized carbons (Fsp3) is 0.200. The minimum atomic E-state index is -0.327. The standard InChI is InChI=1S/C15H13FN2O2/c1-8(2)15-17-11(7-14(19)18-15)13-6-9-5-10(16)3-4-12(9)20-13/h3-8H,1-2H3,(H,17,18,19). The first-order valence-corrected chi connectivity index (χ1v) is 6.33. The highest BCUT2D eigenvalue weighted by Gasteiger charge is 2.11. The summed E-state index contributed by atoms with van der Waals surface area (Å²) in [4.78, 5) is 18.7. The molecule has 0 bridgehead atoms. The van der Waals surface area contributed by atoms with Gasteiger partial charge >= 0.3 is 0 Å². The van der Waals surface area contributed by atoms with Gasteiger partial charge in [0.05, 0.1) is 0 Å². The zero-order valence-corrected chi connectivity index (χ0v) is 11.1. The molecule has 3 rings (SSSR count). The fourth-order valence-corrected chi connectivity index (χ4v) is 2.02. The number of furan rings is 1. The number of benzene rings is 1. The van der Waals surface area contributed by atoms with E-state index >= 15 is 0 Å². The van der Waals surface area contributed by atoms with Crippen molar-refractivity contribution < 1.29 is 8.81 Å². The van der Waals surface area contributed by atoms with E-state index in [4.69, 9.17) is 4.42 Å². The molecule has 0 radical (unpaired) electrons. The van der Waals surface area contributed by atoms with Gasteiger partial charge in [0, 0.05) is 17.4 Å². The van der Waals surface area contributed by atoms with Crippen molar-refractivity contribution in [2.75, 3.05) is 0 Å². The largest absolute Gasteiger partial charge is 0.454 e. The Labute approximate surface area is 114 Å². The van der Waals surface area contributed by atoms with E-state index in [2.05, 4.69) is 9.97 Å². The van der Waals surface area contributed by atoms with Gasteiger partial charge in [-0.1, -0.05) is 13.8 Å². The summed E-state index contributed by atoms with van der Waals surface area (Å²) >= 11 is 0. The normalized spacial score (nSPS) is 11.4. The third-order valence-electron chi connectivity index (χ3n) is 3.04. The van der Waals surface area contributed by atoms with E-state index in [0.29, 0.717) is 28.2 Å². The summed E-state index contributed by atoms with van der Waals surface area (Å²) in [6.07, 6.45) is 0. The molecule has 2 heterocycles. The number of H-pyrrole nitrogens is 1. The van der Waals surface area contributed by atoms with Crippen molar-refractivity contribution in [3.63, 3.8) is 0 Å². The highest BCUT2D eigenvalue weighted by atomic mass is 19.1. The average molecular weight is 272 g/mol. The van der Waals surface area contributed by atoms with Gasteiger partial charge in [-0.3, -0.25) is 4.79 Å². The Balaban J connectivity index is 2.17. The van der Waals surface area contributed by atoms with E-state index in [9.17, 15) is 9.18 Å². The Morgan fingerprint density at radius 1 is 1.25 bits per heavy atom. The Hall–Kier alpha value is -2.43. The molecular weight excluding hydrogens is 259 g/mol. The van der Waals surface area contributed by atoms with Gasteiger partial charge in [0.1, 0.15) is 22.9 Å². The Morgan fingerprint density at radius 2 is 2.05 bits per heavy atom. The highest BCUT2D eigenvalue weighted by Crippen LogP contribution is 2.27. The summed E-state index contributed by atoms with van der Waals surface area (Å²) < 4.78 is 18.8. The smallest absolute Gasteiger partial charge is 0.251 e. The first-order valence-electron chi connectivity index (χ1n) is 6.33. The van der Waals surface area contributed by atoms with Crippen LogP contribution in [0.2, 0.25) is 0 Å². The van der Waals surface area contributed by atoms with Gasteiger partial charge in [0.15, 0.2) is 5.76 Å². The van der Waals surface area contributed by atoms with Crippen molar-refractivity contribution in [2.24, 2.45) is 0 Å². The maximum atomic E-state index is 13.2. The minimum absolute atomic E-state index is 0.101. The Bertz CT molecular complexity index is 833. The lowest BCUT2D eigenvalue weighted by Gasteiger charge is -2.04. The predicted octanol–water partition coefficient (Wildman–Crippen LogP) is 3.45. The predicted molar refractivity (Wildman–Crippen MR) is 74.1 cm³/mol. The van der Waals surface area contributed by atoms with E-state index in [1.165, 1.54) is 18.2 Å². The Kier molecular flexibility index (Phi) is 2.89. The molecule has 1 N–H and O–H groups in total. The molecule has 1 aromatic carbocycles. The number of aromatic amines is 1. The van der Waals surface area contributed by atoms with E-state index in [-0.39, 0.29) is 17.3 Å².